The molecule has 0 saturated carbocycles. The third-order valence-electron chi connectivity index (χ3n) is 3.75. The highest BCUT2D eigenvalue weighted by Crippen LogP contribution is 2.23. The van der Waals surface area contributed by atoms with Gasteiger partial charge in [-0.3, -0.25) is 9.69 Å². The van der Waals surface area contributed by atoms with Gasteiger partial charge >= 0.3 is 6.18 Å². The molecule has 1 amide bonds. The average molecular weight is 335 g/mol. The summed E-state index contributed by atoms with van der Waals surface area (Å²) in [4.78, 5) is 19.1. The molecule has 4 nitrogen and oxygen atoms in total. The van der Waals surface area contributed by atoms with E-state index in [4.69, 9.17) is 0 Å². The van der Waals surface area contributed by atoms with Crippen LogP contribution < -0.4 is 5.32 Å². The Morgan fingerprint density at radius 1 is 1.55 bits per heavy atom. The number of piperidine rings is 1. The number of nitrogens with zero attached hydrogens (tertiary/aromatic N) is 2. The molecule has 0 aromatic carbocycles. The van der Waals surface area contributed by atoms with Gasteiger partial charge in [-0.05, 0) is 19.3 Å². The molecule has 2 rings (SSSR count). The third kappa shape index (κ3) is 5.24. The van der Waals surface area contributed by atoms with Crippen LogP contribution in [0.3, 0.4) is 0 Å². The largest absolute Gasteiger partial charge is 0.397 e. The standard InChI is InChI=1S/C14H20F3N3OS/c1-9-7-20(8-11-6-18-10(2)22-11)4-3-12(9)19-13(21)5-14(15,16)17/h6,9,12H,3-5,7-8H2,1-2H3,(H,19,21)/t9-,12-/m0/s1. The number of hydrogen-bond acceptors (Lipinski definition) is 4. The highest BCUT2D eigenvalue weighted by molar-refractivity contribution is 7.11. The molecular formula is C14H20F3N3OS. The summed E-state index contributed by atoms with van der Waals surface area (Å²) in [6.07, 6.45) is -3.32. The van der Waals surface area contributed by atoms with Gasteiger partial charge in [-0.25, -0.2) is 4.98 Å². The molecule has 1 fully saturated rings. The molecular weight excluding hydrogens is 315 g/mol. The molecule has 0 radical (unpaired) electrons. The van der Waals surface area contributed by atoms with Crippen LogP contribution in [0.4, 0.5) is 13.2 Å². The molecule has 1 aromatic heterocycles. The van der Waals surface area contributed by atoms with E-state index in [1.165, 1.54) is 4.88 Å². The SMILES string of the molecule is Cc1ncc(CN2CC[C@H](NC(=O)CC(F)(F)F)[C@@H](C)C2)s1. The van der Waals surface area contributed by atoms with Gasteiger partial charge in [0.15, 0.2) is 0 Å². The summed E-state index contributed by atoms with van der Waals surface area (Å²) < 4.78 is 36.6. The molecule has 2 heterocycles. The number of rotatable bonds is 4. The topological polar surface area (TPSA) is 45.2 Å². The van der Waals surface area contributed by atoms with Gasteiger partial charge in [0, 0.05) is 36.8 Å². The number of aryl methyl sites for hydroxylation is 1. The van der Waals surface area contributed by atoms with Crippen LogP contribution in [0.2, 0.25) is 0 Å². The fourth-order valence-corrected chi connectivity index (χ4v) is 3.57. The number of amides is 1. The van der Waals surface area contributed by atoms with Gasteiger partial charge in [-0.1, -0.05) is 6.92 Å². The van der Waals surface area contributed by atoms with Crippen molar-refractivity contribution in [2.24, 2.45) is 5.92 Å². The van der Waals surface area contributed by atoms with Crippen LogP contribution in [0.1, 0.15) is 29.7 Å². The Kier molecular flexibility index (Phi) is 5.44. The second-order valence-electron chi connectivity index (χ2n) is 5.81. The van der Waals surface area contributed by atoms with E-state index in [9.17, 15) is 18.0 Å². The molecule has 124 valence electrons. The molecule has 0 bridgehead atoms. The van der Waals surface area contributed by atoms with Gasteiger partial charge in [0.2, 0.25) is 5.91 Å². The Morgan fingerprint density at radius 3 is 2.82 bits per heavy atom. The highest BCUT2D eigenvalue weighted by atomic mass is 32.1. The fourth-order valence-electron chi connectivity index (χ4n) is 2.73. The Morgan fingerprint density at radius 2 is 2.27 bits per heavy atom. The normalized spacial score (nSPS) is 23.5. The molecule has 0 spiro atoms. The zero-order chi connectivity index (χ0) is 16.3. The number of likely N-dealkylation sites (tertiary alicyclic amines) is 1. The Balaban J connectivity index is 1.81. The van der Waals surface area contributed by atoms with Crippen LogP contribution >= 0.6 is 11.3 Å². The smallest absolute Gasteiger partial charge is 0.353 e. The van der Waals surface area contributed by atoms with Gasteiger partial charge in [-0.2, -0.15) is 13.2 Å². The van der Waals surface area contributed by atoms with Crippen molar-refractivity contribution in [3.8, 4) is 0 Å². The Bertz CT molecular complexity index is 518. The number of carbonyl (C=O) groups is 1. The third-order valence-corrected chi connectivity index (χ3v) is 4.64. The lowest BCUT2D eigenvalue weighted by Crippen LogP contribution is -2.50. The summed E-state index contributed by atoms with van der Waals surface area (Å²) in [5.41, 5.74) is 0. The van der Waals surface area contributed by atoms with E-state index in [0.717, 1.165) is 24.6 Å². The number of halogens is 3. The quantitative estimate of drug-likeness (QED) is 0.920. The van der Waals surface area contributed by atoms with Crippen molar-refractivity contribution in [3.05, 3.63) is 16.1 Å². The Labute approximate surface area is 131 Å². The first-order valence-electron chi connectivity index (χ1n) is 7.22. The summed E-state index contributed by atoms with van der Waals surface area (Å²) >= 11 is 1.65. The lowest BCUT2D eigenvalue weighted by molar-refractivity contribution is -0.154. The van der Waals surface area contributed by atoms with Crippen molar-refractivity contribution in [2.45, 2.75) is 45.5 Å². The minimum Gasteiger partial charge on any atom is -0.353 e. The molecule has 1 aromatic rings. The van der Waals surface area contributed by atoms with Crippen molar-refractivity contribution in [2.75, 3.05) is 13.1 Å². The molecule has 0 unspecified atom stereocenters. The molecule has 1 N–H and O–H groups in total. The molecule has 2 atom stereocenters. The summed E-state index contributed by atoms with van der Waals surface area (Å²) in [5, 5.41) is 3.54. The first-order valence-corrected chi connectivity index (χ1v) is 8.04. The van der Waals surface area contributed by atoms with Gasteiger partial charge in [0.25, 0.3) is 0 Å². The lowest BCUT2D eigenvalue weighted by Gasteiger charge is -2.37. The minimum absolute atomic E-state index is 0.125. The van der Waals surface area contributed by atoms with Crippen LogP contribution in [-0.2, 0) is 11.3 Å². The second-order valence-corrected chi connectivity index (χ2v) is 7.13. The number of hydrogen-bond donors (Lipinski definition) is 1. The van der Waals surface area contributed by atoms with E-state index in [0.29, 0.717) is 6.42 Å². The van der Waals surface area contributed by atoms with Gasteiger partial charge in [0.05, 0.1) is 5.01 Å². The highest BCUT2D eigenvalue weighted by Gasteiger charge is 2.34. The summed E-state index contributed by atoms with van der Waals surface area (Å²) in [5.74, 6) is -0.809. The molecule has 0 aliphatic carbocycles. The van der Waals surface area contributed by atoms with Crippen molar-refractivity contribution in [1.82, 2.24) is 15.2 Å². The maximum atomic E-state index is 12.2. The predicted octanol–water partition coefficient (Wildman–Crippen LogP) is 2.73. The monoisotopic (exact) mass is 335 g/mol. The number of nitrogens with one attached hydrogen (secondary N) is 1. The maximum Gasteiger partial charge on any atom is 0.397 e. The van der Waals surface area contributed by atoms with Gasteiger partial charge in [0.1, 0.15) is 6.42 Å². The number of carbonyl (C=O) groups excluding carboxylic acids is 1. The van der Waals surface area contributed by atoms with Crippen molar-refractivity contribution >= 4 is 17.2 Å². The maximum absolute atomic E-state index is 12.2. The van der Waals surface area contributed by atoms with Crippen molar-refractivity contribution < 1.29 is 18.0 Å². The lowest BCUT2D eigenvalue weighted by atomic mass is 9.93. The molecule has 1 saturated heterocycles. The zero-order valence-corrected chi connectivity index (χ0v) is 13.4. The molecule has 22 heavy (non-hydrogen) atoms. The number of aromatic nitrogens is 1. The van der Waals surface area contributed by atoms with E-state index < -0.39 is 18.5 Å². The van der Waals surface area contributed by atoms with Gasteiger partial charge in [-0.15, -0.1) is 11.3 Å². The number of thiazole rings is 1. The average Bonchev–Trinajstić information content (AvgIpc) is 2.76. The summed E-state index contributed by atoms with van der Waals surface area (Å²) in [7, 11) is 0. The minimum atomic E-state index is -4.45. The van der Waals surface area contributed by atoms with E-state index >= 15 is 0 Å². The zero-order valence-electron chi connectivity index (χ0n) is 12.6. The predicted molar refractivity (Wildman–Crippen MR) is 78.5 cm³/mol. The molecule has 1 aliphatic rings. The molecule has 8 heteroatoms. The van der Waals surface area contributed by atoms with E-state index in [1.54, 1.807) is 11.3 Å². The summed E-state index contributed by atoms with van der Waals surface area (Å²) in [6.45, 7) is 6.24. The fraction of sp³-hybridized carbons (Fsp3) is 0.714. The second kappa shape index (κ2) is 6.95. The first kappa shape index (κ1) is 17.2. The van der Waals surface area contributed by atoms with E-state index in [1.807, 2.05) is 20.0 Å². The van der Waals surface area contributed by atoms with Gasteiger partial charge < -0.3 is 5.32 Å². The van der Waals surface area contributed by atoms with Crippen LogP contribution in [0.25, 0.3) is 0 Å². The molecule has 1 aliphatic heterocycles. The van der Waals surface area contributed by atoms with E-state index in [2.05, 4.69) is 15.2 Å². The van der Waals surface area contributed by atoms with Crippen molar-refractivity contribution in [1.29, 1.82) is 0 Å². The van der Waals surface area contributed by atoms with E-state index in [-0.39, 0.29) is 12.0 Å². The number of alkyl halides is 3. The van der Waals surface area contributed by atoms with Crippen molar-refractivity contribution in [3.63, 3.8) is 0 Å². The van der Waals surface area contributed by atoms with Crippen LogP contribution in [0, 0.1) is 12.8 Å². The Hall–Kier alpha value is -1.15. The van der Waals surface area contributed by atoms with Crippen LogP contribution in [0.5, 0.6) is 0 Å². The van der Waals surface area contributed by atoms with Crippen LogP contribution in [0.15, 0.2) is 6.20 Å². The first-order chi connectivity index (χ1) is 10.2. The summed E-state index contributed by atoms with van der Waals surface area (Å²) in [6, 6.07) is -0.186. The van der Waals surface area contributed by atoms with Crippen LogP contribution in [-0.4, -0.2) is 41.1 Å².